The summed E-state index contributed by atoms with van der Waals surface area (Å²) in [5, 5.41) is 7.82. The lowest BCUT2D eigenvalue weighted by molar-refractivity contribution is -0.115. The topological polar surface area (TPSA) is 87.5 Å². The monoisotopic (exact) mass is 412 g/mol. The van der Waals surface area contributed by atoms with Gasteiger partial charge < -0.3 is 14.6 Å². The van der Waals surface area contributed by atoms with E-state index in [1.54, 1.807) is 18.4 Å². The molecule has 152 valence electrons. The Balaban J connectivity index is 1.51. The molecule has 0 bridgehead atoms. The fraction of sp³-hybridized carbons (Fsp3) is 0.286. The van der Waals surface area contributed by atoms with Crippen molar-refractivity contribution in [3.63, 3.8) is 0 Å². The molecule has 0 saturated heterocycles. The van der Waals surface area contributed by atoms with E-state index in [-0.39, 0.29) is 18.2 Å². The van der Waals surface area contributed by atoms with Crippen LogP contribution in [0.15, 0.2) is 46.4 Å². The summed E-state index contributed by atoms with van der Waals surface area (Å²) in [6.07, 6.45) is 2.57. The van der Waals surface area contributed by atoms with Crippen LogP contribution in [0.3, 0.4) is 0 Å². The lowest BCUT2D eigenvalue weighted by Gasteiger charge is -2.10. The number of amides is 2. The van der Waals surface area contributed by atoms with Gasteiger partial charge in [0.15, 0.2) is 5.13 Å². The maximum absolute atomic E-state index is 12.3. The predicted molar refractivity (Wildman–Crippen MR) is 115 cm³/mol. The van der Waals surface area contributed by atoms with Crippen molar-refractivity contribution in [2.75, 3.05) is 31.3 Å². The molecule has 0 unspecified atom stereocenters. The van der Waals surface area contributed by atoms with Crippen LogP contribution in [-0.4, -0.2) is 42.3 Å². The molecule has 0 radical (unpaired) electrons. The van der Waals surface area contributed by atoms with Crippen molar-refractivity contribution in [3.05, 3.63) is 64.6 Å². The number of nitrogens with zero attached hydrogens (tertiary/aromatic N) is 2. The summed E-state index contributed by atoms with van der Waals surface area (Å²) in [4.78, 5) is 30.9. The van der Waals surface area contributed by atoms with Crippen LogP contribution in [0, 0.1) is 6.92 Å². The van der Waals surface area contributed by atoms with Gasteiger partial charge in [-0.05, 0) is 51.2 Å². The number of aromatic nitrogens is 1. The second-order valence-electron chi connectivity index (χ2n) is 6.96. The lowest BCUT2D eigenvalue weighted by Crippen LogP contribution is -2.16. The molecule has 2 N–H and O–H groups in total. The smallest absolute Gasteiger partial charge is 0.260 e. The standard InChI is InChI=1S/C21H24N4O3S/c1-14-18(9-11-28-14)20(27)24-21-23-17(13-29-21)12-19(26)22-16-6-4-15(5-7-16)8-10-25(2)3/h4-7,9,11,13H,8,10,12H2,1-3H3,(H,22,26)(H,23,24,27). The molecular weight excluding hydrogens is 388 g/mol. The van der Waals surface area contributed by atoms with Crippen LogP contribution in [-0.2, 0) is 17.6 Å². The number of rotatable bonds is 8. The van der Waals surface area contributed by atoms with Gasteiger partial charge in [0, 0.05) is 17.6 Å². The minimum absolute atomic E-state index is 0.138. The zero-order valence-corrected chi connectivity index (χ0v) is 17.5. The Morgan fingerprint density at radius 1 is 1.14 bits per heavy atom. The molecule has 3 aromatic rings. The predicted octanol–water partition coefficient (Wildman–Crippen LogP) is 3.58. The Morgan fingerprint density at radius 2 is 1.90 bits per heavy atom. The Labute approximate surface area is 173 Å². The number of furan rings is 1. The summed E-state index contributed by atoms with van der Waals surface area (Å²) in [5.41, 5.74) is 3.05. The largest absolute Gasteiger partial charge is 0.469 e. The van der Waals surface area contributed by atoms with Gasteiger partial charge in [0.25, 0.3) is 5.91 Å². The van der Waals surface area contributed by atoms with Crippen molar-refractivity contribution in [1.82, 2.24) is 9.88 Å². The average Bonchev–Trinajstić information content (AvgIpc) is 3.29. The second kappa shape index (κ2) is 9.49. The minimum atomic E-state index is -0.282. The average molecular weight is 413 g/mol. The molecule has 7 nitrogen and oxygen atoms in total. The highest BCUT2D eigenvalue weighted by atomic mass is 32.1. The molecule has 2 aromatic heterocycles. The first-order valence-corrected chi connectivity index (χ1v) is 10.1. The molecule has 1 aromatic carbocycles. The SMILES string of the molecule is Cc1occc1C(=O)Nc1nc(CC(=O)Nc2ccc(CCN(C)C)cc2)cs1. The number of anilines is 2. The number of hydrogen-bond acceptors (Lipinski definition) is 6. The Hall–Kier alpha value is -2.97. The molecule has 0 fully saturated rings. The van der Waals surface area contributed by atoms with Gasteiger partial charge in [-0.1, -0.05) is 12.1 Å². The van der Waals surface area contributed by atoms with E-state index in [9.17, 15) is 9.59 Å². The van der Waals surface area contributed by atoms with E-state index >= 15 is 0 Å². The molecule has 0 spiro atoms. The molecule has 0 atom stereocenters. The zero-order valence-electron chi connectivity index (χ0n) is 16.7. The minimum Gasteiger partial charge on any atom is -0.469 e. The van der Waals surface area contributed by atoms with Crippen LogP contribution in [0.1, 0.15) is 27.4 Å². The number of thiazole rings is 1. The number of carbonyl (C=O) groups is 2. The molecule has 29 heavy (non-hydrogen) atoms. The van der Waals surface area contributed by atoms with Gasteiger partial charge in [-0.15, -0.1) is 11.3 Å². The summed E-state index contributed by atoms with van der Waals surface area (Å²) in [6.45, 7) is 2.70. The highest BCUT2D eigenvalue weighted by Gasteiger charge is 2.14. The second-order valence-corrected chi connectivity index (χ2v) is 7.82. The van der Waals surface area contributed by atoms with Crippen LogP contribution in [0.25, 0.3) is 0 Å². The van der Waals surface area contributed by atoms with Crippen LogP contribution < -0.4 is 10.6 Å². The molecule has 0 saturated carbocycles. The fourth-order valence-corrected chi connectivity index (χ4v) is 3.41. The summed E-state index contributed by atoms with van der Waals surface area (Å²) in [7, 11) is 4.09. The van der Waals surface area contributed by atoms with Crippen LogP contribution in [0.2, 0.25) is 0 Å². The maximum Gasteiger partial charge on any atom is 0.260 e. The number of benzene rings is 1. The van der Waals surface area contributed by atoms with Gasteiger partial charge >= 0.3 is 0 Å². The third-order valence-corrected chi connectivity index (χ3v) is 5.11. The van der Waals surface area contributed by atoms with E-state index in [1.807, 2.05) is 38.4 Å². The number of hydrogen-bond donors (Lipinski definition) is 2. The summed E-state index contributed by atoms with van der Waals surface area (Å²) < 4.78 is 5.14. The van der Waals surface area contributed by atoms with Gasteiger partial charge in [0.1, 0.15) is 5.76 Å². The van der Waals surface area contributed by atoms with Gasteiger partial charge in [-0.2, -0.15) is 0 Å². The lowest BCUT2D eigenvalue weighted by atomic mass is 10.1. The summed E-state index contributed by atoms with van der Waals surface area (Å²) in [6, 6.07) is 9.46. The van der Waals surface area contributed by atoms with Gasteiger partial charge in [-0.3, -0.25) is 14.9 Å². The normalized spacial score (nSPS) is 10.9. The van der Waals surface area contributed by atoms with Crippen molar-refractivity contribution < 1.29 is 14.0 Å². The Morgan fingerprint density at radius 3 is 2.55 bits per heavy atom. The van der Waals surface area contributed by atoms with E-state index in [0.29, 0.717) is 22.1 Å². The van der Waals surface area contributed by atoms with E-state index in [4.69, 9.17) is 4.42 Å². The zero-order chi connectivity index (χ0) is 20.8. The third-order valence-electron chi connectivity index (χ3n) is 4.30. The molecule has 8 heteroatoms. The molecule has 3 rings (SSSR count). The summed E-state index contributed by atoms with van der Waals surface area (Å²) >= 11 is 1.28. The molecule has 2 heterocycles. The van der Waals surface area contributed by atoms with Crippen molar-refractivity contribution in [1.29, 1.82) is 0 Å². The molecule has 0 aliphatic heterocycles. The van der Waals surface area contributed by atoms with Crippen LogP contribution >= 0.6 is 11.3 Å². The number of nitrogens with one attached hydrogen (secondary N) is 2. The van der Waals surface area contributed by atoms with Crippen molar-refractivity contribution in [2.24, 2.45) is 0 Å². The fourth-order valence-electron chi connectivity index (χ4n) is 2.71. The van der Waals surface area contributed by atoms with Crippen molar-refractivity contribution in [2.45, 2.75) is 19.8 Å². The molecular formula is C21H24N4O3S. The highest BCUT2D eigenvalue weighted by molar-refractivity contribution is 7.14. The van der Waals surface area contributed by atoms with Gasteiger partial charge in [0.05, 0.1) is 23.9 Å². The highest BCUT2D eigenvalue weighted by Crippen LogP contribution is 2.19. The van der Waals surface area contributed by atoms with Crippen molar-refractivity contribution >= 4 is 34.0 Å². The quantitative estimate of drug-likeness (QED) is 0.590. The first kappa shape index (κ1) is 20.8. The Bertz CT molecular complexity index is 976. The third kappa shape index (κ3) is 6.00. The first-order chi connectivity index (χ1) is 13.9. The van der Waals surface area contributed by atoms with E-state index in [0.717, 1.165) is 18.7 Å². The first-order valence-electron chi connectivity index (χ1n) is 9.24. The molecule has 0 aliphatic carbocycles. The van der Waals surface area contributed by atoms with Gasteiger partial charge in [-0.25, -0.2) is 4.98 Å². The molecule has 2 amide bonds. The number of carbonyl (C=O) groups excluding carboxylic acids is 2. The van der Waals surface area contributed by atoms with E-state index in [1.165, 1.54) is 23.2 Å². The number of aryl methyl sites for hydroxylation is 1. The Kier molecular flexibility index (Phi) is 6.79. The van der Waals surface area contributed by atoms with Crippen LogP contribution in [0.5, 0.6) is 0 Å². The number of likely N-dealkylation sites (N-methyl/N-ethyl adjacent to an activating group) is 1. The summed E-state index contributed by atoms with van der Waals surface area (Å²) in [5.74, 6) is 0.113. The van der Waals surface area contributed by atoms with E-state index < -0.39 is 0 Å². The van der Waals surface area contributed by atoms with Crippen molar-refractivity contribution in [3.8, 4) is 0 Å². The van der Waals surface area contributed by atoms with Crippen LogP contribution in [0.4, 0.5) is 10.8 Å². The maximum atomic E-state index is 12.3. The van der Waals surface area contributed by atoms with Gasteiger partial charge in [0.2, 0.25) is 5.91 Å². The molecule has 0 aliphatic rings. The van der Waals surface area contributed by atoms with E-state index in [2.05, 4.69) is 20.5 Å².